The summed E-state index contributed by atoms with van der Waals surface area (Å²) in [6, 6.07) is -0.716. The number of aliphatic carboxylic acids is 1. The van der Waals surface area contributed by atoms with Gasteiger partial charge in [-0.05, 0) is 37.5 Å². The monoisotopic (exact) mass is 314 g/mol. The number of carboxylic acids is 1. The molecule has 0 radical (unpaired) electrons. The van der Waals surface area contributed by atoms with E-state index in [1.54, 1.807) is 11.8 Å². The lowest BCUT2D eigenvalue weighted by atomic mass is 9.79. The number of carboxylic acid groups (broad SMARTS) is 1. The zero-order valence-electron chi connectivity index (χ0n) is 13.0. The molecule has 21 heavy (non-hydrogen) atoms. The van der Waals surface area contributed by atoms with Gasteiger partial charge in [0.2, 0.25) is 0 Å². The highest BCUT2D eigenvalue weighted by molar-refractivity contribution is 8.00. The fourth-order valence-corrected chi connectivity index (χ4v) is 4.62. The molecule has 1 heterocycles. The van der Waals surface area contributed by atoms with E-state index in [9.17, 15) is 14.7 Å². The molecule has 120 valence electrons. The molecule has 2 fully saturated rings. The number of rotatable bonds is 3. The molecule has 1 saturated carbocycles. The number of nitrogens with zero attached hydrogens (tertiary/aromatic N) is 1. The number of carbonyl (C=O) groups is 2. The third-order valence-electron chi connectivity index (χ3n) is 4.89. The lowest BCUT2D eigenvalue weighted by Crippen LogP contribution is -2.53. The van der Waals surface area contributed by atoms with E-state index in [0.717, 1.165) is 25.7 Å². The van der Waals surface area contributed by atoms with Crippen LogP contribution in [-0.4, -0.2) is 45.2 Å². The Balaban J connectivity index is 1.99. The first kappa shape index (κ1) is 16.5. The molecule has 5 unspecified atom stereocenters. The highest BCUT2D eigenvalue weighted by atomic mass is 32.2. The summed E-state index contributed by atoms with van der Waals surface area (Å²) < 4.78 is 0. The molecule has 0 aromatic rings. The molecule has 0 aromatic carbocycles. The predicted octanol–water partition coefficient (Wildman–Crippen LogP) is 2.76. The number of nitrogens with one attached hydrogen (secondary N) is 1. The minimum atomic E-state index is -0.903. The Morgan fingerprint density at radius 1 is 1.29 bits per heavy atom. The first-order valence-electron chi connectivity index (χ1n) is 7.87. The second-order valence-electron chi connectivity index (χ2n) is 6.37. The van der Waals surface area contributed by atoms with Crippen LogP contribution in [0, 0.1) is 11.8 Å². The van der Waals surface area contributed by atoms with Gasteiger partial charge in [-0.3, -0.25) is 4.90 Å². The van der Waals surface area contributed by atoms with Gasteiger partial charge in [0.15, 0.2) is 0 Å². The van der Waals surface area contributed by atoms with Gasteiger partial charge in [-0.1, -0.05) is 20.8 Å². The summed E-state index contributed by atoms with van der Waals surface area (Å²) >= 11 is 1.56. The van der Waals surface area contributed by atoms with Crippen molar-refractivity contribution in [1.29, 1.82) is 0 Å². The maximum Gasteiger partial charge on any atom is 0.327 e. The van der Waals surface area contributed by atoms with E-state index in [-0.39, 0.29) is 17.4 Å². The third kappa shape index (κ3) is 3.65. The Labute approximate surface area is 130 Å². The van der Waals surface area contributed by atoms with Crippen LogP contribution < -0.4 is 5.32 Å². The molecule has 6 heteroatoms. The standard InChI is InChI=1S/C15H26N2O3S/c1-4-13-17(12(8-21-13)14(18)19)15(20)16-11-6-5-9(2)10(3)7-11/h9-13H,4-8H2,1-3H3,(H,16,20)(H,18,19). The Morgan fingerprint density at radius 3 is 2.57 bits per heavy atom. The van der Waals surface area contributed by atoms with Crippen molar-refractivity contribution in [2.24, 2.45) is 11.8 Å². The van der Waals surface area contributed by atoms with Crippen molar-refractivity contribution in [3.8, 4) is 0 Å². The zero-order chi connectivity index (χ0) is 15.6. The van der Waals surface area contributed by atoms with E-state index in [2.05, 4.69) is 19.2 Å². The molecule has 1 aliphatic heterocycles. The molecule has 2 aliphatic rings. The second-order valence-corrected chi connectivity index (χ2v) is 7.58. The van der Waals surface area contributed by atoms with Crippen molar-refractivity contribution in [2.75, 3.05) is 5.75 Å². The van der Waals surface area contributed by atoms with Crippen LogP contribution in [0.15, 0.2) is 0 Å². The molecule has 5 atom stereocenters. The molecule has 0 spiro atoms. The summed E-state index contributed by atoms with van der Waals surface area (Å²) in [6.07, 6.45) is 3.88. The molecular weight excluding hydrogens is 288 g/mol. The lowest BCUT2D eigenvalue weighted by Gasteiger charge is -2.35. The number of amides is 2. The maximum atomic E-state index is 12.5. The van der Waals surface area contributed by atoms with Crippen LogP contribution in [0.3, 0.4) is 0 Å². The zero-order valence-corrected chi connectivity index (χ0v) is 13.9. The minimum absolute atomic E-state index is 0.0222. The molecule has 0 aromatic heterocycles. The topological polar surface area (TPSA) is 69.6 Å². The molecule has 5 nitrogen and oxygen atoms in total. The average molecular weight is 314 g/mol. The smallest absolute Gasteiger partial charge is 0.327 e. The van der Waals surface area contributed by atoms with Crippen LogP contribution in [0.4, 0.5) is 4.79 Å². The Hall–Kier alpha value is -0.910. The highest BCUT2D eigenvalue weighted by Gasteiger charge is 2.41. The van der Waals surface area contributed by atoms with E-state index < -0.39 is 12.0 Å². The van der Waals surface area contributed by atoms with Crippen LogP contribution in [-0.2, 0) is 4.79 Å². The van der Waals surface area contributed by atoms with Gasteiger partial charge in [0, 0.05) is 11.8 Å². The first-order valence-corrected chi connectivity index (χ1v) is 8.92. The van der Waals surface area contributed by atoms with E-state index in [1.165, 1.54) is 4.90 Å². The summed E-state index contributed by atoms with van der Waals surface area (Å²) in [4.78, 5) is 25.4. The largest absolute Gasteiger partial charge is 0.480 e. The van der Waals surface area contributed by atoms with Gasteiger partial charge >= 0.3 is 12.0 Å². The summed E-state index contributed by atoms with van der Waals surface area (Å²) in [5.74, 6) is 0.892. The van der Waals surface area contributed by atoms with Gasteiger partial charge < -0.3 is 10.4 Å². The van der Waals surface area contributed by atoms with Crippen LogP contribution in [0.5, 0.6) is 0 Å². The van der Waals surface area contributed by atoms with Crippen LogP contribution >= 0.6 is 11.8 Å². The summed E-state index contributed by atoms with van der Waals surface area (Å²) in [5.41, 5.74) is 0. The van der Waals surface area contributed by atoms with Crippen LogP contribution in [0.1, 0.15) is 46.5 Å². The summed E-state index contributed by atoms with van der Waals surface area (Å²) in [7, 11) is 0. The van der Waals surface area contributed by atoms with Gasteiger partial charge in [-0.15, -0.1) is 11.8 Å². The molecule has 2 rings (SSSR count). The fraction of sp³-hybridized carbons (Fsp3) is 0.867. The van der Waals surface area contributed by atoms with Gasteiger partial charge in [-0.25, -0.2) is 9.59 Å². The van der Waals surface area contributed by atoms with Gasteiger partial charge in [0.05, 0.1) is 5.37 Å². The normalized spacial score (nSPS) is 36.5. The number of thioether (sulfide) groups is 1. The lowest BCUT2D eigenvalue weighted by molar-refractivity contribution is -0.141. The summed E-state index contributed by atoms with van der Waals surface area (Å²) in [5, 5.41) is 12.3. The third-order valence-corrected chi connectivity index (χ3v) is 6.34. The summed E-state index contributed by atoms with van der Waals surface area (Å²) in [6.45, 7) is 6.48. The van der Waals surface area contributed by atoms with E-state index >= 15 is 0 Å². The molecule has 0 bridgehead atoms. The van der Waals surface area contributed by atoms with E-state index in [0.29, 0.717) is 17.6 Å². The first-order chi connectivity index (χ1) is 9.93. The van der Waals surface area contributed by atoms with Crippen molar-refractivity contribution in [1.82, 2.24) is 10.2 Å². The van der Waals surface area contributed by atoms with Crippen molar-refractivity contribution in [2.45, 2.75) is 63.9 Å². The number of urea groups is 1. The van der Waals surface area contributed by atoms with Crippen molar-refractivity contribution >= 4 is 23.8 Å². The quantitative estimate of drug-likeness (QED) is 0.840. The van der Waals surface area contributed by atoms with Crippen molar-refractivity contribution in [3.05, 3.63) is 0 Å². The number of carbonyl (C=O) groups excluding carboxylic acids is 1. The minimum Gasteiger partial charge on any atom is -0.480 e. The Kier molecular flexibility index (Phi) is 5.41. The number of hydrogen-bond acceptors (Lipinski definition) is 3. The molecule has 1 saturated heterocycles. The molecule has 1 aliphatic carbocycles. The van der Waals surface area contributed by atoms with Crippen molar-refractivity contribution < 1.29 is 14.7 Å². The van der Waals surface area contributed by atoms with Crippen LogP contribution in [0.25, 0.3) is 0 Å². The second kappa shape index (κ2) is 6.90. The van der Waals surface area contributed by atoms with Gasteiger partial charge in [0.25, 0.3) is 0 Å². The van der Waals surface area contributed by atoms with Crippen molar-refractivity contribution in [3.63, 3.8) is 0 Å². The number of hydrogen-bond donors (Lipinski definition) is 2. The molecule has 2 amide bonds. The van der Waals surface area contributed by atoms with E-state index in [1.807, 2.05) is 6.92 Å². The maximum absolute atomic E-state index is 12.5. The van der Waals surface area contributed by atoms with Gasteiger partial charge in [0.1, 0.15) is 6.04 Å². The Bertz CT molecular complexity index is 404. The SMILES string of the molecule is CCC1SCC(C(=O)O)N1C(=O)NC1CCC(C)C(C)C1. The van der Waals surface area contributed by atoms with Gasteiger partial charge in [-0.2, -0.15) is 0 Å². The highest BCUT2D eigenvalue weighted by Crippen LogP contribution is 2.33. The van der Waals surface area contributed by atoms with Crippen LogP contribution in [0.2, 0.25) is 0 Å². The predicted molar refractivity (Wildman–Crippen MR) is 84.3 cm³/mol. The average Bonchev–Trinajstić information content (AvgIpc) is 2.87. The molecule has 2 N–H and O–H groups in total. The molecular formula is C15H26N2O3S. The van der Waals surface area contributed by atoms with E-state index in [4.69, 9.17) is 0 Å². The fourth-order valence-electron chi connectivity index (χ4n) is 3.27. The Morgan fingerprint density at radius 2 is 2.00 bits per heavy atom.